The van der Waals surface area contributed by atoms with E-state index in [0.717, 1.165) is 34.3 Å². The van der Waals surface area contributed by atoms with E-state index in [1.54, 1.807) is 11.3 Å². The third-order valence-electron chi connectivity index (χ3n) is 2.69. The van der Waals surface area contributed by atoms with Crippen LogP contribution in [0.4, 0.5) is 5.82 Å². The van der Waals surface area contributed by atoms with E-state index in [2.05, 4.69) is 20.2 Å². The van der Waals surface area contributed by atoms with E-state index in [9.17, 15) is 0 Å². The van der Waals surface area contributed by atoms with Crippen molar-refractivity contribution >= 4 is 17.2 Å². The molecule has 18 heavy (non-hydrogen) atoms. The summed E-state index contributed by atoms with van der Waals surface area (Å²) in [6.07, 6.45) is 0. The topological polar surface area (TPSA) is 55.0 Å². The second kappa shape index (κ2) is 5.46. The Labute approximate surface area is 111 Å². The van der Waals surface area contributed by atoms with E-state index in [4.69, 9.17) is 5.73 Å². The van der Waals surface area contributed by atoms with Gasteiger partial charge in [0, 0.05) is 24.7 Å². The number of aromatic nitrogens is 2. The lowest BCUT2D eigenvalue weighted by Crippen LogP contribution is -2.18. The molecule has 2 heterocycles. The van der Waals surface area contributed by atoms with Gasteiger partial charge in [0.2, 0.25) is 0 Å². The molecule has 0 bridgehead atoms. The van der Waals surface area contributed by atoms with Crippen molar-refractivity contribution in [2.45, 2.75) is 26.9 Å². The highest BCUT2D eigenvalue weighted by Crippen LogP contribution is 2.17. The van der Waals surface area contributed by atoms with E-state index in [0.29, 0.717) is 6.54 Å². The average molecular weight is 262 g/mol. The van der Waals surface area contributed by atoms with Crippen molar-refractivity contribution in [1.29, 1.82) is 0 Å². The first-order valence-electron chi connectivity index (χ1n) is 5.88. The smallest absolute Gasteiger partial charge is 0.129 e. The fourth-order valence-corrected chi connectivity index (χ4v) is 2.44. The predicted octanol–water partition coefficient (Wildman–Crippen LogP) is 2.25. The number of nitrogens with zero attached hydrogens (tertiary/aromatic N) is 3. The molecule has 0 unspecified atom stereocenters. The fourth-order valence-electron chi connectivity index (χ4n) is 1.84. The molecule has 2 aromatic heterocycles. The van der Waals surface area contributed by atoms with Gasteiger partial charge >= 0.3 is 0 Å². The van der Waals surface area contributed by atoms with E-state index >= 15 is 0 Å². The van der Waals surface area contributed by atoms with Crippen molar-refractivity contribution < 1.29 is 0 Å². The highest BCUT2D eigenvalue weighted by Gasteiger charge is 2.07. The van der Waals surface area contributed by atoms with Gasteiger partial charge in [-0.15, -0.1) is 11.3 Å². The molecule has 2 N–H and O–H groups in total. The maximum atomic E-state index is 5.69. The van der Waals surface area contributed by atoms with Gasteiger partial charge in [-0.1, -0.05) is 0 Å². The first kappa shape index (κ1) is 13.0. The van der Waals surface area contributed by atoms with Crippen molar-refractivity contribution in [3.8, 4) is 0 Å². The zero-order valence-corrected chi connectivity index (χ0v) is 11.8. The highest BCUT2D eigenvalue weighted by molar-refractivity contribution is 7.09. The van der Waals surface area contributed by atoms with Gasteiger partial charge in [0.1, 0.15) is 5.82 Å². The molecule has 0 fully saturated rings. The summed E-state index contributed by atoms with van der Waals surface area (Å²) in [5.41, 5.74) is 8.87. The van der Waals surface area contributed by atoms with Crippen LogP contribution < -0.4 is 10.6 Å². The van der Waals surface area contributed by atoms with Gasteiger partial charge in [0.25, 0.3) is 0 Å². The zero-order chi connectivity index (χ0) is 13.1. The minimum atomic E-state index is 0.542. The number of rotatable bonds is 4. The van der Waals surface area contributed by atoms with Gasteiger partial charge < -0.3 is 10.6 Å². The second-order valence-corrected chi connectivity index (χ2v) is 5.46. The standard InChI is InChI=1S/C13H18N4S/c1-9-4-11(6-14)5-13(15-9)17(3)7-12-8-18-10(2)16-12/h4-5,8H,6-7,14H2,1-3H3. The van der Waals surface area contributed by atoms with E-state index < -0.39 is 0 Å². The number of nitrogens with two attached hydrogens (primary N) is 1. The summed E-state index contributed by atoms with van der Waals surface area (Å²) in [5.74, 6) is 0.945. The van der Waals surface area contributed by atoms with E-state index in [1.807, 2.05) is 33.0 Å². The molecular formula is C13H18N4S. The SMILES string of the molecule is Cc1cc(CN)cc(N(C)Cc2csc(C)n2)n1. The molecule has 4 nitrogen and oxygen atoms in total. The van der Waals surface area contributed by atoms with E-state index in [1.165, 1.54) is 0 Å². The van der Waals surface area contributed by atoms with Crippen molar-refractivity contribution in [3.05, 3.63) is 39.5 Å². The minimum Gasteiger partial charge on any atom is -0.354 e. The first-order chi connectivity index (χ1) is 8.58. The number of pyridine rings is 1. The van der Waals surface area contributed by atoms with Crippen LogP contribution in [0.5, 0.6) is 0 Å². The molecule has 96 valence electrons. The van der Waals surface area contributed by atoms with Crippen LogP contribution in [0.25, 0.3) is 0 Å². The predicted molar refractivity (Wildman–Crippen MR) is 75.8 cm³/mol. The van der Waals surface area contributed by atoms with Crippen molar-refractivity contribution in [2.75, 3.05) is 11.9 Å². The lowest BCUT2D eigenvalue weighted by atomic mass is 10.2. The van der Waals surface area contributed by atoms with Crippen LogP contribution in [-0.2, 0) is 13.1 Å². The molecule has 0 saturated carbocycles. The lowest BCUT2D eigenvalue weighted by Gasteiger charge is -2.18. The molecule has 0 radical (unpaired) electrons. The third-order valence-corrected chi connectivity index (χ3v) is 3.51. The monoisotopic (exact) mass is 262 g/mol. The van der Waals surface area contributed by atoms with Crippen LogP contribution in [0.1, 0.15) is 22.0 Å². The van der Waals surface area contributed by atoms with Crippen molar-refractivity contribution in [2.24, 2.45) is 5.73 Å². The number of aryl methyl sites for hydroxylation is 2. The number of hydrogen-bond donors (Lipinski definition) is 1. The molecule has 0 aliphatic heterocycles. The van der Waals surface area contributed by atoms with Crippen LogP contribution in [0, 0.1) is 13.8 Å². The quantitative estimate of drug-likeness (QED) is 0.918. The average Bonchev–Trinajstić information content (AvgIpc) is 2.73. The number of thiazole rings is 1. The summed E-state index contributed by atoms with van der Waals surface area (Å²) in [6.45, 7) is 5.32. The maximum absolute atomic E-state index is 5.69. The molecule has 0 aromatic carbocycles. The summed E-state index contributed by atoms with van der Waals surface area (Å²) in [5, 5.41) is 3.18. The molecule has 0 amide bonds. The second-order valence-electron chi connectivity index (χ2n) is 4.39. The van der Waals surface area contributed by atoms with Gasteiger partial charge in [-0.3, -0.25) is 0 Å². The normalized spacial score (nSPS) is 10.7. The Morgan fingerprint density at radius 3 is 2.67 bits per heavy atom. The summed E-state index contributed by atoms with van der Waals surface area (Å²) in [7, 11) is 2.02. The van der Waals surface area contributed by atoms with E-state index in [-0.39, 0.29) is 0 Å². The van der Waals surface area contributed by atoms with Crippen molar-refractivity contribution in [1.82, 2.24) is 9.97 Å². The molecule has 0 atom stereocenters. The molecular weight excluding hydrogens is 244 g/mol. The van der Waals surface area contributed by atoms with Gasteiger partial charge in [0.05, 0.1) is 17.2 Å². The van der Waals surface area contributed by atoms with Gasteiger partial charge in [-0.05, 0) is 31.5 Å². The summed E-state index contributed by atoms with van der Waals surface area (Å²) in [6, 6.07) is 4.05. The van der Waals surface area contributed by atoms with Crippen molar-refractivity contribution in [3.63, 3.8) is 0 Å². The largest absolute Gasteiger partial charge is 0.354 e. The molecule has 2 aromatic rings. The third kappa shape index (κ3) is 3.05. The Balaban J connectivity index is 2.17. The molecule has 0 aliphatic carbocycles. The summed E-state index contributed by atoms with van der Waals surface area (Å²) in [4.78, 5) is 11.1. The number of anilines is 1. The van der Waals surface area contributed by atoms with Gasteiger partial charge in [0.15, 0.2) is 0 Å². The highest BCUT2D eigenvalue weighted by atomic mass is 32.1. The lowest BCUT2D eigenvalue weighted by molar-refractivity contribution is 0.861. The molecule has 5 heteroatoms. The fraction of sp³-hybridized carbons (Fsp3) is 0.385. The Kier molecular flexibility index (Phi) is 3.93. The molecule has 0 aliphatic rings. The van der Waals surface area contributed by atoms with Crippen LogP contribution in [-0.4, -0.2) is 17.0 Å². The van der Waals surface area contributed by atoms with Crippen LogP contribution >= 0.6 is 11.3 Å². The number of hydrogen-bond acceptors (Lipinski definition) is 5. The Bertz CT molecular complexity index is 536. The van der Waals surface area contributed by atoms with Gasteiger partial charge in [-0.25, -0.2) is 9.97 Å². The Morgan fingerprint density at radius 1 is 1.28 bits per heavy atom. The molecule has 2 rings (SSSR count). The molecule has 0 saturated heterocycles. The zero-order valence-electron chi connectivity index (χ0n) is 11.0. The summed E-state index contributed by atoms with van der Waals surface area (Å²) >= 11 is 1.67. The van der Waals surface area contributed by atoms with Crippen LogP contribution in [0.15, 0.2) is 17.5 Å². The van der Waals surface area contributed by atoms with Crippen LogP contribution in [0.2, 0.25) is 0 Å². The van der Waals surface area contributed by atoms with Gasteiger partial charge in [-0.2, -0.15) is 0 Å². The maximum Gasteiger partial charge on any atom is 0.129 e. The first-order valence-corrected chi connectivity index (χ1v) is 6.76. The minimum absolute atomic E-state index is 0.542. The Morgan fingerprint density at radius 2 is 2.06 bits per heavy atom. The summed E-state index contributed by atoms with van der Waals surface area (Å²) < 4.78 is 0. The molecule has 0 spiro atoms. The van der Waals surface area contributed by atoms with Crippen LogP contribution in [0.3, 0.4) is 0 Å². The Hall–Kier alpha value is -1.46.